The number of primary amides is 1. The molecule has 0 aromatic heterocycles. The third-order valence-corrected chi connectivity index (χ3v) is 9.48. The Labute approximate surface area is 255 Å². The Kier molecular flexibility index (Phi) is 10.2. The molecular formula is C31H52N6O6. The maximum atomic E-state index is 14.2. The number of Topliss-reactive ketones (excluding diaryl/α,β-unsaturated/α-hetero) is 1. The van der Waals surface area contributed by atoms with Crippen LogP contribution in [0.2, 0.25) is 0 Å². The largest absolute Gasteiger partial charge is 0.363 e. The minimum Gasteiger partial charge on any atom is -0.363 e. The zero-order chi connectivity index (χ0) is 32.6. The van der Waals surface area contributed by atoms with Crippen molar-refractivity contribution in [2.75, 3.05) is 6.54 Å². The van der Waals surface area contributed by atoms with E-state index >= 15 is 0 Å². The molecule has 2 aliphatic carbocycles. The number of piperidine rings is 1. The average Bonchev–Trinajstić information content (AvgIpc) is 3.18. The molecule has 1 heterocycles. The molecule has 2 saturated carbocycles. The molecule has 6 amide bonds. The molecule has 242 valence electrons. The van der Waals surface area contributed by atoms with Crippen LogP contribution >= 0.6 is 0 Å². The standard InChI is InChI=1S/C31H52N6O6/c1-15(2)21(26(40)33-16(3)4)35-29(43)36-24(30(5,6)7)28(42)37-14-18-20(31(18,8)9)22(37)27(41)34-19(23(38)25(32)39)13-17-11-10-12-17/h15-22,24H,10-14H2,1-9H3,(H2,32,39)(H,33,40)(H,34,41)(H2,35,36,43)/t18-,19?,20-,21-,22-,24+/m0/s1. The summed E-state index contributed by atoms with van der Waals surface area (Å²) in [7, 11) is 0. The Balaban J connectivity index is 1.81. The zero-order valence-electron chi connectivity index (χ0n) is 27.2. The number of hydrogen-bond donors (Lipinski definition) is 5. The summed E-state index contributed by atoms with van der Waals surface area (Å²) in [5.41, 5.74) is 4.38. The van der Waals surface area contributed by atoms with Crippen molar-refractivity contribution in [1.29, 1.82) is 0 Å². The maximum Gasteiger partial charge on any atom is 0.316 e. The number of fused-ring (bicyclic) bond motifs is 1. The molecule has 1 unspecified atom stereocenters. The molecule has 6 N–H and O–H groups in total. The molecule has 0 aromatic rings. The summed E-state index contributed by atoms with van der Waals surface area (Å²) in [5, 5.41) is 11.1. The molecule has 12 heteroatoms. The predicted octanol–water partition coefficient (Wildman–Crippen LogP) is 1.46. The van der Waals surface area contributed by atoms with Gasteiger partial charge in [-0.15, -0.1) is 0 Å². The van der Waals surface area contributed by atoms with Crippen LogP contribution in [0.4, 0.5) is 4.79 Å². The van der Waals surface area contributed by atoms with E-state index in [0.29, 0.717) is 13.0 Å². The van der Waals surface area contributed by atoms with E-state index in [2.05, 4.69) is 21.3 Å². The summed E-state index contributed by atoms with van der Waals surface area (Å²) in [5.74, 6) is -3.21. The zero-order valence-corrected chi connectivity index (χ0v) is 27.2. The minimum absolute atomic E-state index is 0.0728. The number of hydrogen-bond acceptors (Lipinski definition) is 6. The van der Waals surface area contributed by atoms with Crippen molar-refractivity contribution in [3.63, 3.8) is 0 Å². The lowest BCUT2D eigenvalue weighted by molar-refractivity contribution is -0.145. The number of carbonyl (C=O) groups is 6. The van der Waals surface area contributed by atoms with Gasteiger partial charge in [0.25, 0.3) is 5.91 Å². The van der Waals surface area contributed by atoms with Gasteiger partial charge < -0.3 is 31.9 Å². The number of likely N-dealkylation sites (tertiary alicyclic amines) is 1. The van der Waals surface area contributed by atoms with Gasteiger partial charge >= 0.3 is 6.03 Å². The average molecular weight is 605 g/mol. The summed E-state index contributed by atoms with van der Waals surface area (Å²) < 4.78 is 0. The van der Waals surface area contributed by atoms with Crippen molar-refractivity contribution < 1.29 is 28.8 Å². The second kappa shape index (κ2) is 12.8. The van der Waals surface area contributed by atoms with Gasteiger partial charge in [0.05, 0.1) is 6.04 Å². The number of urea groups is 1. The van der Waals surface area contributed by atoms with Crippen LogP contribution in [0.3, 0.4) is 0 Å². The highest BCUT2D eigenvalue weighted by molar-refractivity contribution is 6.37. The Morgan fingerprint density at radius 3 is 2.00 bits per heavy atom. The van der Waals surface area contributed by atoms with Crippen LogP contribution < -0.4 is 27.0 Å². The van der Waals surface area contributed by atoms with Crippen molar-refractivity contribution in [2.45, 2.75) is 118 Å². The highest BCUT2D eigenvalue weighted by atomic mass is 16.2. The molecule has 43 heavy (non-hydrogen) atoms. The van der Waals surface area contributed by atoms with E-state index in [4.69, 9.17) is 5.73 Å². The fourth-order valence-corrected chi connectivity index (χ4v) is 6.57. The summed E-state index contributed by atoms with van der Waals surface area (Å²) in [6.45, 7) is 17.2. The van der Waals surface area contributed by atoms with Crippen LogP contribution in [-0.2, 0) is 24.0 Å². The summed E-state index contributed by atoms with van der Waals surface area (Å²) in [6.07, 6.45) is 3.21. The molecule has 3 aliphatic rings. The summed E-state index contributed by atoms with van der Waals surface area (Å²) in [4.78, 5) is 79.9. The molecule has 1 aliphatic heterocycles. The Morgan fingerprint density at radius 1 is 0.930 bits per heavy atom. The maximum absolute atomic E-state index is 14.2. The van der Waals surface area contributed by atoms with Crippen LogP contribution in [0.1, 0.15) is 88.0 Å². The van der Waals surface area contributed by atoms with Gasteiger partial charge in [0, 0.05) is 12.6 Å². The number of rotatable bonds is 12. The molecule has 12 nitrogen and oxygen atoms in total. The van der Waals surface area contributed by atoms with Crippen molar-refractivity contribution >= 4 is 35.4 Å². The lowest BCUT2D eigenvalue weighted by atomic mass is 9.80. The smallest absolute Gasteiger partial charge is 0.316 e. The minimum atomic E-state index is -1.10. The van der Waals surface area contributed by atoms with Gasteiger partial charge in [-0.2, -0.15) is 0 Å². The van der Waals surface area contributed by atoms with E-state index in [9.17, 15) is 28.8 Å². The first-order valence-electron chi connectivity index (χ1n) is 15.6. The third kappa shape index (κ3) is 7.67. The quantitative estimate of drug-likeness (QED) is 0.210. The number of carbonyl (C=O) groups excluding carboxylic acids is 6. The van der Waals surface area contributed by atoms with Crippen molar-refractivity contribution in [1.82, 2.24) is 26.2 Å². The molecule has 3 fully saturated rings. The molecule has 0 aromatic carbocycles. The number of nitrogens with two attached hydrogens (primary N) is 1. The number of nitrogens with zero attached hydrogens (tertiary/aromatic N) is 1. The van der Waals surface area contributed by atoms with E-state index in [1.54, 1.807) is 0 Å². The van der Waals surface area contributed by atoms with E-state index in [-0.39, 0.29) is 41.0 Å². The topological polar surface area (TPSA) is 180 Å². The Hall–Kier alpha value is -3.18. The van der Waals surface area contributed by atoms with E-state index in [1.165, 1.54) is 4.90 Å². The van der Waals surface area contributed by atoms with E-state index in [0.717, 1.165) is 19.3 Å². The number of ketones is 1. The molecule has 0 bridgehead atoms. The molecular weight excluding hydrogens is 552 g/mol. The van der Waals surface area contributed by atoms with Gasteiger partial charge in [0.1, 0.15) is 18.1 Å². The third-order valence-electron chi connectivity index (χ3n) is 9.48. The van der Waals surface area contributed by atoms with Crippen molar-refractivity contribution in [2.24, 2.45) is 40.2 Å². The van der Waals surface area contributed by atoms with Gasteiger partial charge in [-0.1, -0.05) is 67.7 Å². The second-order valence-corrected chi connectivity index (χ2v) is 15.0. The molecule has 0 radical (unpaired) electrons. The fourth-order valence-electron chi connectivity index (χ4n) is 6.57. The lowest BCUT2D eigenvalue weighted by Gasteiger charge is -2.38. The molecule has 6 atom stereocenters. The Bertz CT molecular complexity index is 1120. The lowest BCUT2D eigenvalue weighted by Crippen LogP contribution is -2.62. The monoisotopic (exact) mass is 604 g/mol. The van der Waals surface area contributed by atoms with Gasteiger partial charge in [-0.05, 0) is 54.8 Å². The SMILES string of the molecule is CC(C)NC(=O)[C@@H](NC(=O)N[C@H](C(=O)N1C[C@H]2[C@@H]([C@H]1C(=O)NC(CC1CCC1)C(=O)C(N)=O)C2(C)C)C(C)(C)C)C(C)C. The van der Waals surface area contributed by atoms with Gasteiger partial charge in [-0.3, -0.25) is 24.0 Å². The molecule has 0 spiro atoms. The second-order valence-electron chi connectivity index (χ2n) is 15.0. The first kappa shape index (κ1) is 34.3. The predicted molar refractivity (Wildman–Crippen MR) is 161 cm³/mol. The summed E-state index contributed by atoms with van der Waals surface area (Å²) in [6, 6.07) is -4.51. The van der Waals surface area contributed by atoms with Crippen LogP contribution in [0.5, 0.6) is 0 Å². The van der Waals surface area contributed by atoms with Crippen molar-refractivity contribution in [3.8, 4) is 0 Å². The van der Waals surface area contributed by atoms with E-state index < -0.39 is 59.1 Å². The highest BCUT2D eigenvalue weighted by Gasteiger charge is 2.70. The molecule has 3 rings (SSSR count). The summed E-state index contributed by atoms with van der Waals surface area (Å²) >= 11 is 0. The fraction of sp³-hybridized carbons (Fsp3) is 0.806. The highest BCUT2D eigenvalue weighted by Crippen LogP contribution is 2.65. The van der Waals surface area contributed by atoms with E-state index in [1.807, 2.05) is 62.3 Å². The first-order valence-corrected chi connectivity index (χ1v) is 15.6. The van der Waals surface area contributed by atoms with Crippen LogP contribution in [-0.4, -0.2) is 77.1 Å². The van der Waals surface area contributed by atoms with Crippen LogP contribution in [0.15, 0.2) is 0 Å². The van der Waals surface area contributed by atoms with Crippen LogP contribution in [0.25, 0.3) is 0 Å². The van der Waals surface area contributed by atoms with Gasteiger partial charge in [0.15, 0.2) is 0 Å². The van der Waals surface area contributed by atoms with Gasteiger partial charge in [-0.25, -0.2) is 4.79 Å². The normalized spacial score (nSPS) is 24.7. The number of nitrogens with one attached hydrogen (secondary N) is 4. The van der Waals surface area contributed by atoms with Crippen molar-refractivity contribution in [3.05, 3.63) is 0 Å². The van der Waals surface area contributed by atoms with Crippen LogP contribution in [0, 0.1) is 34.5 Å². The number of amides is 6. The first-order chi connectivity index (χ1) is 19.8. The van der Waals surface area contributed by atoms with Gasteiger partial charge in [0.2, 0.25) is 23.5 Å². The Morgan fingerprint density at radius 2 is 1.53 bits per heavy atom. The molecule has 1 saturated heterocycles.